The topological polar surface area (TPSA) is 83.5 Å². The van der Waals surface area contributed by atoms with Crippen LogP contribution in [0.3, 0.4) is 0 Å². The van der Waals surface area contributed by atoms with Crippen LogP contribution in [0, 0.1) is 0 Å². The quantitative estimate of drug-likeness (QED) is 0.864. The smallest absolute Gasteiger partial charge is 0.416 e. The Labute approximate surface area is 125 Å². The minimum Gasteiger partial charge on any atom is -0.480 e. The molecule has 9 heteroatoms. The first-order valence-corrected chi connectivity index (χ1v) is 7.86. The molecule has 122 valence electrons. The summed E-state index contributed by atoms with van der Waals surface area (Å²) in [5.41, 5.74) is -0.995. The largest absolute Gasteiger partial charge is 0.480 e. The van der Waals surface area contributed by atoms with E-state index in [9.17, 15) is 26.4 Å². The molecule has 2 N–H and O–H groups in total. The maximum absolute atomic E-state index is 12.5. The van der Waals surface area contributed by atoms with Crippen molar-refractivity contribution >= 4 is 16.0 Å². The molecule has 1 aromatic rings. The van der Waals surface area contributed by atoms with Gasteiger partial charge in [0.15, 0.2) is 0 Å². The van der Waals surface area contributed by atoms with Crippen molar-refractivity contribution in [3.05, 3.63) is 35.4 Å². The molecule has 1 aliphatic carbocycles. The number of nitrogens with one attached hydrogen (secondary N) is 1. The summed E-state index contributed by atoms with van der Waals surface area (Å²) in [6.45, 7) is 1.49. The standard InChI is InChI=1S/C13H14F3NO4S/c1-12(6-7-12)22(20,21)17-10(11(18)19)8-2-4-9(5-3-8)13(14,15)16/h2-5,10,17H,6-7H2,1H3,(H,18,19). The molecule has 0 heterocycles. The monoisotopic (exact) mass is 337 g/mol. The molecule has 1 fully saturated rings. The first kappa shape index (κ1) is 16.8. The summed E-state index contributed by atoms with van der Waals surface area (Å²) >= 11 is 0. The van der Waals surface area contributed by atoms with Gasteiger partial charge in [-0.3, -0.25) is 4.79 Å². The van der Waals surface area contributed by atoms with E-state index in [1.807, 2.05) is 0 Å². The third kappa shape index (κ3) is 3.25. The summed E-state index contributed by atoms with van der Waals surface area (Å²) in [6, 6.07) is 1.74. The molecule has 0 bridgehead atoms. The highest BCUT2D eigenvalue weighted by atomic mass is 32.2. The van der Waals surface area contributed by atoms with Gasteiger partial charge in [-0.2, -0.15) is 17.9 Å². The Kier molecular flexibility index (Phi) is 3.99. The molecule has 2 rings (SSSR count). The summed E-state index contributed by atoms with van der Waals surface area (Å²) in [5, 5.41) is 9.16. The number of carboxylic acid groups (broad SMARTS) is 1. The Morgan fingerprint density at radius 1 is 1.27 bits per heavy atom. The van der Waals surface area contributed by atoms with Crippen LogP contribution in [0.2, 0.25) is 0 Å². The number of hydrogen-bond donors (Lipinski definition) is 2. The molecule has 0 amide bonds. The van der Waals surface area contributed by atoms with Crippen LogP contribution in [0.5, 0.6) is 0 Å². The maximum Gasteiger partial charge on any atom is 0.416 e. The summed E-state index contributed by atoms with van der Waals surface area (Å²) in [7, 11) is -3.87. The summed E-state index contributed by atoms with van der Waals surface area (Å²) in [5.74, 6) is -1.48. The zero-order valence-corrected chi connectivity index (χ0v) is 12.3. The van der Waals surface area contributed by atoms with Crippen molar-refractivity contribution < 1.29 is 31.5 Å². The van der Waals surface area contributed by atoms with E-state index in [1.54, 1.807) is 0 Å². The van der Waals surface area contributed by atoms with Gasteiger partial charge in [-0.05, 0) is 37.5 Å². The van der Waals surface area contributed by atoms with Crippen molar-refractivity contribution in [2.24, 2.45) is 0 Å². The normalized spacial score (nSPS) is 18.7. The molecule has 22 heavy (non-hydrogen) atoms. The second-order valence-corrected chi connectivity index (χ2v) is 7.69. The number of hydrogen-bond acceptors (Lipinski definition) is 3. The Morgan fingerprint density at radius 2 is 1.77 bits per heavy atom. The lowest BCUT2D eigenvalue weighted by molar-refractivity contribution is -0.139. The van der Waals surface area contributed by atoms with Crippen LogP contribution in [0.25, 0.3) is 0 Å². The molecular formula is C13H14F3NO4S. The molecule has 0 radical (unpaired) electrons. The van der Waals surface area contributed by atoms with Gasteiger partial charge in [-0.25, -0.2) is 8.42 Å². The van der Waals surface area contributed by atoms with Gasteiger partial charge in [0.1, 0.15) is 6.04 Å². The lowest BCUT2D eigenvalue weighted by atomic mass is 10.1. The van der Waals surface area contributed by atoms with Gasteiger partial charge in [0.25, 0.3) is 0 Å². The molecule has 1 aromatic carbocycles. The summed E-state index contributed by atoms with van der Waals surface area (Å²) in [6.07, 6.45) is -3.71. The fourth-order valence-corrected chi connectivity index (χ4v) is 3.34. The second kappa shape index (κ2) is 5.24. The van der Waals surface area contributed by atoms with E-state index in [-0.39, 0.29) is 5.56 Å². The van der Waals surface area contributed by atoms with Crippen molar-refractivity contribution in [3.8, 4) is 0 Å². The van der Waals surface area contributed by atoms with Gasteiger partial charge in [0.2, 0.25) is 10.0 Å². The highest BCUT2D eigenvalue weighted by Crippen LogP contribution is 2.43. The molecule has 1 aliphatic rings. The third-order valence-corrected chi connectivity index (χ3v) is 5.95. The number of carboxylic acids is 1. The van der Waals surface area contributed by atoms with Crippen LogP contribution in [-0.4, -0.2) is 24.2 Å². The zero-order valence-electron chi connectivity index (χ0n) is 11.5. The van der Waals surface area contributed by atoms with Gasteiger partial charge >= 0.3 is 12.1 Å². The Morgan fingerprint density at radius 3 is 2.14 bits per heavy atom. The lowest BCUT2D eigenvalue weighted by Gasteiger charge is -2.19. The Balaban J connectivity index is 2.27. The number of benzene rings is 1. The second-order valence-electron chi connectivity index (χ2n) is 5.46. The zero-order chi connectivity index (χ0) is 16.8. The van der Waals surface area contributed by atoms with Crippen LogP contribution < -0.4 is 4.72 Å². The average molecular weight is 337 g/mol. The van der Waals surface area contributed by atoms with Gasteiger partial charge in [-0.1, -0.05) is 12.1 Å². The summed E-state index contributed by atoms with van der Waals surface area (Å²) < 4.78 is 62.7. The fraction of sp³-hybridized carbons (Fsp3) is 0.462. The van der Waals surface area contributed by atoms with E-state index in [0.717, 1.165) is 24.3 Å². The molecule has 0 saturated heterocycles. The fourth-order valence-electron chi connectivity index (χ4n) is 1.87. The number of sulfonamides is 1. The van der Waals surface area contributed by atoms with E-state index < -0.39 is 38.5 Å². The molecule has 1 atom stereocenters. The predicted octanol–water partition coefficient (Wildman–Crippen LogP) is 2.30. The van der Waals surface area contributed by atoms with Gasteiger partial charge in [0, 0.05) is 0 Å². The van der Waals surface area contributed by atoms with Crippen LogP contribution in [0.4, 0.5) is 13.2 Å². The number of rotatable bonds is 5. The Hall–Kier alpha value is -1.61. The van der Waals surface area contributed by atoms with Gasteiger partial charge in [0.05, 0.1) is 10.3 Å². The maximum atomic E-state index is 12.5. The van der Waals surface area contributed by atoms with Crippen molar-refractivity contribution in [1.29, 1.82) is 0 Å². The van der Waals surface area contributed by atoms with Crippen molar-refractivity contribution in [2.45, 2.75) is 36.7 Å². The van der Waals surface area contributed by atoms with Crippen LogP contribution in [0.15, 0.2) is 24.3 Å². The molecular weight excluding hydrogens is 323 g/mol. The summed E-state index contributed by atoms with van der Waals surface area (Å²) in [4.78, 5) is 11.3. The molecule has 1 saturated carbocycles. The number of halogens is 3. The number of alkyl halides is 3. The van der Waals surface area contributed by atoms with Crippen LogP contribution in [-0.2, 0) is 21.0 Å². The van der Waals surface area contributed by atoms with E-state index in [2.05, 4.69) is 4.72 Å². The SMILES string of the molecule is CC1(S(=O)(=O)NC(C(=O)O)c2ccc(C(F)(F)F)cc2)CC1. The minimum atomic E-state index is -4.54. The van der Waals surface area contributed by atoms with Crippen LogP contribution in [0.1, 0.15) is 36.9 Å². The average Bonchev–Trinajstić information content (AvgIpc) is 3.15. The highest BCUT2D eigenvalue weighted by Gasteiger charge is 2.51. The first-order valence-electron chi connectivity index (χ1n) is 6.38. The van der Waals surface area contributed by atoms with E-state index in [4.69, 9.17) is 5.11 Å². The third-order valence-electron chi connectivity index (χ3n) is 3.69. The van der Waals surface area contributed by atoms with E-state index in [1.165, 1.54) is 6.92 Å². The van der Waals surface area contributed by atoms with E-state index >= 15 is 0 Å². The molecule has 0 aliphatic heterocycles. The van der Waals surface area contributed by atoms with Gasteiger partial charge < -0.3 is 5.11 Å². The Bertz CT molecular complexity index is 678. The van der Waals surface area contributed by atoms with Crippen molar-refractivity contribution in [2.75, 3.05) is 0 Å². The number of aliphatic carboxylic acids is 1. The molecule has 1 unspecified atom stereocenters. The first-order chi connectivity index (χ1) is 9.96. The van der Waals surface area contributed by atoms with Gasteiger partial charge in [-0.15, -0.1) is 0 Å². The van der Waals surface area contributed by atoms with Crippen molar-refractivity contribution in [1.82, 2.24) is 4.72 Å². The minimum absolute atomic E-state index is 0.0617. The number of carbonyl (C=O) groups is 1. The van der Waals surface area contributed by atoms with Crippen molar-refractivity contribution in [3.63, 3.8) is 0 Å². The van der Waals surface area contributed by atoms with Crippen LogP contribution >= 0.6 is 0 Å². The highest BCUT2D eigenvalue weighted by molar-refractivity contribution is 7.91. The predicted molar refractivity (Wildman–Crippen MR) is 71.5 cm³/mol. The lowest BCUT2D eigenvalue weighted by Crippen LogP contribution is -2.39. The van der Waals surface area contributed by atoms with E-state index in [0.29, 0.717) is 12.8 Å². The molecule has 0 spiro atoms. The molecule has 0 aromatic heterocycles. The molecule has 5 nitrogen and oxygen atoms in total.